The summed E-state index contributed by atoms with van der Waals surface area (Å²) in [6, 6.07) is 16.6. The summed E-state index contributed by atoms with van der Waals surface area (Å²) in [4.78, 5) is 13.3. The maximum Gasteiger partial charge on any atom is 0.331 e. The third kappa shape index (κ3) is 3.34. The van der Waals surface area contributed by atoms with Crippen molar-refractivity contribution < 1.29 is 5.11 Å². The standard InChI is InChI=1S/C25H25Cl2N3O2/c1-24(2,3)13-19-25(14-28,16-8-10-17(26)11-9-16)20(15-6-5-7-18(27)12-15)21-22(31)29(4)23(32)30(19)21/h5-12,19-20,31H,13H2,1-4H3/t19-,20-,25-/m0/s1. The molecule has 1 N–H and O–H groups in total. The highest BCUT2D eigenvalue weighted by molar-refractivity contribution is 6.30. The van der Waals surface area contributed by atoms with Crippen molar-refractivity contribution in [1.29, 1.82) is 5.26 Å². The van der Waals surface area contributed by atoms with Crippen LogP contribution in [0.25, 0.3) is 0 Å². The second kappa shape index (κ2) is 7.72. The summed E-state index contributed by atoms with van der Waals surface area (Å²) in [5.74, 6) is -0.737. The average molecular weight is 470 g/mol. The number of aromatic hydroxyl groups is 1. The smallest absolute Gasteiger partial charge is 0.331 e. The summed E-state index contributed by atoms with van der Waals surface area (Å²) >= 11 is 12.5. The minimum atomic E-state index is -1.15. The summed E-state index contributed by atoms with van der Waals surface area (Å²) < 4.78 is 2.86. The lowest BCUT2D eigenvalue weighted by Crippen LogP contribution is -2.40. The van der Waals surface area contributed by atoms with Gasteiger partial charge in [0.1, 0.15) is 5.41 Å². The summed E-state index contributed by atoms with van der Waals surface area (Å²) in [7, 11) is 1.54. The molecule has 32 heavy (non-hydrogen) atoms. The normalized spacial score (nSPS) is 22.5. The molecule has 0 bridgehead atoms. The van der Waals surface area contributed by atoms with Gasteiger partial charge in [-0.3, -0.25) is 9.13 Å². The third-order valence-electron chi connectivity index (χ3n) is 6.36. The Labute approximate surface area is 197 Å². The van der Waals surface area contributed by atoms with Crippen LogP contribution in [0.1, 0.15) is 56.0 Å². The van der Waals surface area contributed by atoms with Crippen molar-refractivity contribution in [2.45, 2.75) is 44.6 Å². The van der Waals surface area contributed by atoms with Crippen molar-refractivity contribution in [3.05, 3.63) is 85.9 Å². The molecule has 2 aromatic carbocycles. The lowest BCUT2D eigenvalue weighted by atomic mass is 9.63. The van der Waals surface area contributed by atoms with Gasteiger partial charge in [-0.25, -0.2) is 4.79 Å². The van der Waals surface area contributed by atoms with Gasteiger partial charge in [-0.05, 0) is 47.2 Å². The molecule has 3 aromatic rings. The van der Waals surface area contributed by atoms with Gasteiger partial charge in [0.05, 0.1) is 23.7 Å². The summed E-state index contributed by atoms with van der Waals surface area (Å²) in [5, 5.41) is 23.0. The zero-order chi connectivity index (χ0) is 23.4. The first kappa shape index (κ1) is 22.5. The molecule has 7 heteroatoms. The van der Waals surface area contributed by atoms with E-state index in [1.54, 1.807) is 35.9 Å². The van der Waals surface area contributed by atoms with Crippen LogP contribution in [0.15, 0.2) is 53.3 Å². The molecule has 0 fully saturated rings. The van der Waals surface area contributed by atoms with Gasteiger partial charge in [0, 0.05) is 17.1 Å². The monoisotopic (exact) mass is 469 g/mol. The average Bonchev–Trinajstić information content (AvgIpc) is 3.13. The van der Waals surface area contributed by atoms with Crippen LogP contribution in [0.3, 0.4) is 0 Å². The van der Waals surface area contributed by atoms with Gasteiger partial charge >= 0.3 is 5.69 Å². The number of hydrogen-bond acceptors (Lipinski definition) is 3. The van der Waals surface area contributed by atoms with E-state index in [4.69, 9.17) is 23.2 Å². The van der Waals surface area contributed by atoms with Crippen LogP contribution in [-0.4, -0.2) is 14.2 Å². The molecule has 0 unspecified atom stereocenters. The predicted octanol–water partition coefficient (Wildman–Crippen LogP) is 5.78. The minimum Gasteiger partial charge on any atom is -0.493 e. The van der Waals surface area contributed by atoms with E-state index in [1.807, 2.05) is 24.3 Å². The zero-order valence-corrected chi connectivity index (χ0v) is 19.9. The first-order valence-electron chi connectivity index (χ1n) is 10.4. The highest BCUT2D eigenvalue weighted by Crippen LogP contribution is 2.59. The minimum absolute atomic E-state index is 0.134. The van der Waals surface area contributed by atoms with Crippen LogP contribution in [0.4, 0.5) is 0 Å². The Morgan fingerprint density at radius 1 is 1.12 bits per heavy atom. The van der Waals surface area contributed by atoms with E-state index in [9.17, 15) is 15.2 Å². The molecule has 3 atom stereocenters. The molecule has 1 aliphatic rings. The van der Waals surface area contributed by atoms with Crippen molar-refractivity contribution in [2.75, 3.05) is 0 Å². The molecule has 166 valence electrons. The van der Waals surface area contributed by atoms with Crippen LogP contribution in [0, 0.1) is 16.7 Å². The van der Waals surface area contributed by atoms with Gasteiger partial charge < -0.3 is 5.11 Å². The first-order valence-corrected chi connectivity index (χ1v) is 11.2. The van der Waals surface area contributed by atoms with E-state index in [0.29, 0.717) is 22.2 Å². The van der Waals surface area contributed by atoms with E-state index < -0.39 is 17.4 Å². The van der Waals surface area contributed by atoms with Crippen molar-refractivity contribution in [3.63, 3.8) is 0 Å². The molecular weight excluding hydrogens is 445 g/mol. The van der Waals surface area contributed by atoms with Crippen molar-refractivity contribution in [2.24, 2.45) is 12.5 Å². The van der Waals surface area contributed by atoms with Gasteiger partial charge in [0.2, 0.25) is 5.88 Å². The molecule has 0 saturated carbocycles. The maximum absolute atomic E-state index is 13.3. The van der Waals surface area contributed by atoms with Crippen molar-refractivity contribution >= 4 is 23.2 Å². The first-order chi connectivity index (χ1) is 15.0. The number of nitriles is 1. The molecule has 0 amide bonds. The molecule has 1 aliphatic heterocycles. The zero-order valence-electron chi connectivity index (χ0n) is 18.4. The van der Waals surface area contributed by atoms with Crippen molar-refractivity contribution in [1.82, 2.24) is 9.13 Å². The van der Waals surface area contributed by atoms with Crippen LogP contribution in [0.2, 0.25) is 10.0 Å². The number of halogens is 2. The Bertz CT molecular complexity index is 1280. The number of hydrogen-bond donors (Lipinski definition) is 1. The molecule has 0 saturated heterocycles. The highest BCUT2D eigenvalue weighted by atomic mass is 35.5. The van der Waals surface area contributed by atoms with Crippen LogP contribution >= 0.6 is 23.2 Å². The Kier molecular flexibility index (Phi) is 5.43. The largest absolute Gasteiger partial charge is 0.493 e. The van der Waals surface area contributed by atoms with E-state index >= 15 is 0 Å². The van der Waals surface area contributed by atoms with Gasteiger partial charge in [-0.1, -0.05) is 68.2 Å². The third-order valence-corrected chi connectivity index (χ3v) is 6.85. The fourth-order valence-electron chi connectivity index (χ4n) is 5.04. The Balaban J connectivity index is 2.13. The summed E-state index contributed by atoms with van der Waals surface area (Å²) in [5.41, 5.74) is 0.261. The lowest BCUT2D eigenvalue weighted by Gasteiger charge is -2.37. The predicted molar refractivity (Wildman–Crippen MR) is 126 cm³/mol. The number of imidazole rings is 1. The Morgan fingerprint density at radius 2 is 1.78 bits per heavy atom. The second-order valence-electron chi connectivity index (χ2n) is 9.68. The number of aromatic nitrogens is 2. The van der Waals surface area contributed by atoms with E-state index in [-0.39, 0.29) is 17.0 Å². The molecule has 0 spiro atoms. The second-order valence-corrected chi connectivity index (χ2v) is 10.5. The molecule has 2 heterocycles. The SMILES string of the molecule is Cn1c(O)c2n(c1=O)[C@@H](CC(C)(C)C)[C@](C#N)(c1ccc(Cl)cc1)[C@H]2c1cccc(Cl)c1. The fraction of sp³-hybridized carbons (Fsp3) is 0.360. The maximum atomic E-state index is 13.3. The number of rotatable bonds is 3. The number of nitrogens with zero attached hydrogens (tertiary/aromatic N) is 3. The summed E-state index contributed by atoms with van der Waals surface area (Å²) in [6.45, 7) is 6.24. The quantitative estimate of drug-likeness (QED) is 0.527. The Hall–Kier alpha value is -2.68. The van der Waals surface area contributed by atoms with Gasteiger partial charge in [0.25, 0.3) is 0 Å². The van der Waals surface area contributed by atoms with E-state index in [0.717, 1.165) is 11.1 Å². The Morgan fingerprint density at radius 3 is 2.34 bits per heavy atom. The molecule has 4 rings (SSSR count). The molecule has 0 aliphatic carbocycles. The van der Waals surface area contributed by atoms with Gasteiger partial charge in [-0.2, -0.15) is 5.26 Å². The van der Waals surface area contributed by atoms with Crippen LogP contribution in [0.5, 0.6) is 5.88 Å². The van der Waals surface area contributed by atoms with E-state index in [2.05, 4.69) is 26.8 Å². The molecule has 5 nitrogen and oxygen atoms in total. The van der Waals surface area contributed by atoms with Crippen molar-refractivity contribution in [3.8, 4) is 11.9 Å². The van der Waals surface area contributed by atoms with Crippen LogP contribution < -0.4 is 5.69 Å². The lowest BCUT2D eigenvalue weighted by molar-refractivity contribution is 0.240. The highest BCUT2D eigenvalue weighted by Gasteiger charge is 2.59. The van der Waals surface area contributed by atoms with Crippen LogP contribution in [-0.2, 0) is 12.5 Å². The number of benzene rings is 2. The fourth-order valence-corrected chi connectivity index (χ4v) is 5.37. The van der Waals surface area contributed by atoms with Gasteiger partial charge in [-0.15, -0.1) is 0 Å². The number of fused-ring (bicyclic) bond motifs is 1. The summed E-state index contributed by atoms with van der Waals surface area (Å²) in [6.07, 6.45) is 0.552. The molecule has 0 radical (unpaired) electrons. The molecular formula is C25H25Cl2N3O2. The van der Waals surface area contributed by atoms with Gasteiger partial charge in [0.15, 0.2) is 0 Å². The molecule has 1 aromatic heterocycles. The van der Waals surface area contributed by atoms with E-state index in [1.165, 1.54) is 4.57 Å². The topological polar surface area (TPSA) is 70.9 Å².